The van der Waals surface area contributed by atoms with E-state index in [1.807, 2.05) is 0 Å². The minimum absolute atomic E-state index is 0. The molecule has 122 valence electrons. The van der Waals surface area contributed by atoms with Crippen LogP contribution in [0.25, 0.3) is 0 Å². The summed E-state index contributed by atoms with van der Waals surface area (Å²) in [5, 5.41) is 9.41. The number of rotatable bonds is 2. The Morgan fingerprint density at radius 3 is 2.27 bits per heavy atom. The van der Waals surface area contributed by atoms with Gasteiger partial charge in [-0.3, -0.25) is 0 Å². The van der Waals surface area contributed by atoms with Gasteiger partial charge in [0.15, 0.2) is 0 Å². The first kappa shape index (κ1) is 15.6. The van der Waals surface area contributed by atoms with Crippen molar-refractivity contribution in [2.24, 2.45) is 46.8 Å². The van der Waals surface area contributed by atoms with Crippen LogP contribution in [0.5, 0.6) is 0 Å². The molecule has 0 aromatic rings. The number of alkyl halides is 3. The molecule has 4 saturated carbocycles. The number of hydrogen-bond donors (Lipinski definition) is 1. The normalized spacial score (nSPS) is 47.9. The number of halogens is 3. The molecule has 0 spiro atoms. The summed E-state index contributed by atoms with van der Waals surface area (Å²) in [7, 11) is 0. The maximum absolute atomic E-state index is 12.7. The molecule has 4 aliphatic rings. The van der Waals surface area contributed by atoms with Crippen molar-refractivity contribution in [3.63, 3.8) is 0 Å². The summed E-state index contributed by atoms with van der Waals surface area (Å²) in [6, 6.07) is 0. The summed E-state index contributed by atoms with van der Waals surface area (Å²) >= 11 is 0. The summed E-state index contributed by atoms with van der Waals surface area (Å²) in [6.07, 6.45) is -1.12. The van der Waals surface area contributed by atoms with E-state index in [1.165, 1.54) is 19.3 Å². The van der Waals surface area contributed by atoms with Crippen molar-refractivity contribution in [3.8, 4) is 0 Å². The van der Waals surface area contributed by atoms with Gasteiger partial charge in [-0.1, -0.05) is 25.9 Å². The zero-order chi connectivity index (χ0) is 15.2. The topological polar surface area (TPSA) is 20.2 Å². The van der Waals surface area contributed by atoms with E-state index in [1.54, 1.807) is 0 Å². The standard InChI is InChI=1S/C17H24F3O.Rf/c1-16(2)11-6-10(7-12(21)17(18,19)20)15(16)14-9-4-3-8(5-9)13(11)14;/h8-11,13-15,21H,3-7H2,1-2H3;/q-1;. The molecule has 0 radical (unpaired) electrons. The fraction of sp³-hybridized carbons (Fsp3) is 0.941. The minimum atomic E-state index is -4.54. The predicted octanol–water partition coefficient (Wildman–Crippen LogP) is 4.80. The molecule has 1 nitrogen and oxygen atoms in total. The van der Waals surface area contributed by atoms with Crippen LogP contribution in [0.2, 0.25) is 0 Å². The van der Waals surface area contributed by atoms with Crippen LogP contribution < -0.4 is 0 Å². The van der Waals surface area contributed by atoms with E-state index >= 15 is 0 Å². The van der Waals surface area contributed by atoms with Crippen LogP contribution in [0, 0.1) is 52.9 Å². The zero-order valence-corrected chi connectivity index (χ0v) is 19.8. The smallest absolute Gasteiger partial charge is 0.294 e. The molecule has 5 heteroatoms. The molecule has 0 heterocycles. The molecule has 0 aromatic heterocycles. The first-order valence-electron chi connectivity index (χ1n) is 8.33. The molecule has 4 fully saturated rings. The van der Waals surface area contributed by atoms with Crippen LogP contribution in [0.1, 0.15) is 46.0 Å². The molecule has 1 N–H and O–H groups in total. The number of hydrogen-bond acceptors (Lipinski definition) is 1. The number of aliphatic hydroxyl groups excluding tert-OH is 1. The molecule has 7 atom stereocenters. The van der Waals surface area contributed by atoms with E-state index in [2.05, 4.69) is 13.8 Å². The first-order chi connectivity index (χ1) is 9.71. The Balaban J connectivity index is 0.00000144. The maximum Gasteiger partial charge on any atom is 0.294 e. The van der Waals surface area contributed by atoms with Gasteiger partial charge in [0.05, 0.1) is 0 Å². The second-order valence-corrected chi connectivity index (χ2v) is 8.59. The van der Waals surface area contributed by atoms with Crippen molar-refractivity contribution in [1.82, 2.24) is 0 Å². The van der Waals surface area contributed by atoms with Gasteiger partial charge < -0.3 is 5.11 Å². The SMILES string of the molecule is CC1(C)C2CC(C[C-](O)C(F)(F)F)C1C1C3CCC(C3)C12.[Rf]. The minimum Gasteiger partial charge on any atom is -0.554 e. The molecule has 22 heavy (non-hydrogen) atoms. The van der Waals surface area contributed by atoms with E-state index in [0.29, 0.717) is 17.8 Å². The van der Waals surface area contributed by atoms with Crippen LogP contribution in [0.15, 0.2) is 0 Å². The van der Waals surface area contributed by atoms with Crippen LogP contribution in [0.4, 0.5) is 13.2 Å². The summed E-state index contributed by atoms with van der Waals surface area (Å²) in [4.78, 5) is 0. The molecular weight excluding hydrogens is 544 g/mol. The molecule has 7 unspecified atom stereocenters. The van der Waals surface area contributed by atoms with Crippen LogP contribution >= 0.6 is 0 Å². The Labute approximate surface area is 124 Å². The summed E-state index contributed by atoms with van der Waals surface area (Å²) < 4.78 is 38.0. The average Bonchev–Trinajstić information content (AvgIpc) is 3.06. The van der Waals surface area contributed by atoms with Crippen molar-refractivity contribution in [3.05, 3.63) is 6.10 Å². The van der Waals surface area contributed by atoms with E-state index in [4.69, 9.17) is 0 Å². The molecule has 4 rings (SSSR count). The van der Waals surface area contributed by atoms with Crippen molar-refractivity contribution in [1.29, 1.82) is 0 Å². The van der Waals surface area contributed by atoms with Crippen molar-refractivity contribution < 1.29 is 18.3 Å². The Morgan fingerprint density at radius 2 is 1.68 bits per heavy atom. The van der Waals surface area contributed by atoms with Gasteiger partial charge in [-0.25, -0.2) is 13.2 Å². The van der Waals surface area contributed by atoms with Gasteiger partial charge in [0.1, 0.15) is 0 Å². The Kier molecular flexibility index (Phi) is 3.12. The third-order valence-electron chi connectivity index (χ3n) is 7.59. The third-order valence-corrected chi connectivity index (χ3v) is 7.59. The van der Waals surface area contributed by atoms with Crippen molar-refractivity contribution >= 4 is 0 Å². The fourth-order valence-corrected chi connectivity index (χ4v) is 7.18. The first-order valence-corrected chi connectivity index (χ1v) is 8.33. The van der Waals surface area contributed by atoms with Gasteiger partial charge in [0, 0.05) is 0 Å². The Hall–Kier alpha value is -1.25. The number of fused-ring (bicyclic) bond motifs is 9. The van der Waals surface area contributed by atoms with Gasteiger partial charge in [0.2, 0.25) is 0 Å². The van der Waals surface area contributed by atoms with E-state index in [9.17, 15) is 18.3 Å². The van der Waals surface area contributed by atoms with Crippen molar-refractivity contribution in [2.75, 3.05) is 0 Å². The van der Waals surface area contributed by atoms with Gasteiger partial charge >= 0.3 is 0 Å². The molecule has 0 amide bonds. The third kappa shape index (κ3) is 1.77. The quantitative estimate of drug-likeness (QED) is 0.375. The summed E-state index contributed by atoms with van der Waals surface area (Å²) in [6.45, 7) is 4.54. The van der Waals surface area contributed by atoms with Gasteiger partial charge in [-0.2, -0.15) is 0 Å². The largest absolute Gasteiger partial charge is 0.554 e. The summed E-state index contributed by atoms with van der Waals surface area (Å²) in [5.74, 6) is 4.01. The van der Waals surface area contributed by atoms with Gasteiger partial charge in [0.25, 0.3) is 6.18 Å². The monoisotopic (exact) mass is 568 g/mol. The Bertz CT molecular complexity index is 450. The average molecular weight is 568 g/mol. The van der Waals surface area contributed by atoms with Crippen molar-refractivity contribution in [2.45, 2.75) is 52.1 Å². The molecule has 0 aliphatic heterocycles. The second kappa shape index (κ2) is 4.39. The van der Waals surface area contributed by atoms with Gasteiger partial charge in [-0.05, 0) is 66.6 Å². The van der Waals surface area contributed by atoms with Crippen LogP contribution in [0.3, 0.4) is 0 Å². The predicted molar refractivity (Wildman–Crippen MR) is 72.5 cm³/mol. The molecular formula is C17H24F3ORf-. The van der Waals surface area contributed by atoms with E-state index in [0.717, 1.165) is 24.2 Å². The fourth-order valence-electron chi connectivity index (χ4n) is 7.18. The van der Waals surface area contributed by atoms with E-state index in [-0.39, 0.29) is 17.8 Å². The summed E-state index contributed by atoms with van der Waals surface area (Å²) in [5.41, 5.74) is 0.160. The molecule has 0 saturated heterocycles. The maximum atomic E-state index is 12.7. The molecule has 4 aliphatic carbocycles. The van der Waals surface area contributed by atoms with Crippen LogP contribution in [-0.4, -0.2) is 11.3 Å². The zero-order valence-electron chi connectivity index (χ0n) is 13.4. The van der Waals surface area contributed by atoms with Crippen LogP contribution in [-0.2, 0) is 0 Å². The Morgan fingerprint density at radius 1 is 1.09 bits per heavy atom. The molecule has 4 bridgehead atoms. The second-order valence-electron chi connectivity index (χ2n) is 8.59. The molecule has 0 aromatic carbocycles. The van der Waals surface area contributed by atoms with E-state index < -0.39 is 12.3 Å². The number of aliphatic hydroxyl groups is 1. The van der Waals surface area contributed by atoms with Gasteiger partial charge in [-0.15, -0.1) is 6.42 Å².